The van der Waals surface area contributed by atoms with Crippen LogP contribution in [0.4, 0.5) is 8.78 Å². The predicted octanol–water partition coefficient (Wildman–Crippen LogP) is 2.67. The first-order valence-corrected chi connectivity index (χ1v) is 11.1. The molecule has 3 N–H and O–H groups in total. The van der Waals surface area contributed by atoms with Gasteiger partial charge in [0.2, 0.25) is 0 Å². The van der Waals surface area contributed by atoms with Gasteiger partial charge in [-0.15, -0.1) is 12.8 Å². The highest BCUT2D eigenvalue weighted by molar-refractivity contribution is 5.56. The van der Waals surface area contributed by atoms with Gasteiger partial charge >= 0.3 is 0 Å². The molecular weight excluding hydrogens is 424 g/mol. The summed E-state index contributed by atoms with van der Waals surface area (Å²) in [6.45, 7) is 5.23. The number of piperidine rings is 1. The Bertz CT molecular complexity index is 822. The molecule has 0 radical (unpaired) electrons. The lowest BCUT2D eigenvalue weighted by Crippen LogP contribution is -2.54. The number of benzene rings is 1. The molecule has 0 spiro atoms. The number of terminal acetylenes is 1. The van der Waals surface area contributed by atoms with Crippen LogP contribution in [0.25, 0.3) is 0 Å². The maximum Gasteiger partial charge on any atom is 0.123 e. The molecule has 1 saturated heterocycles. The number of nitrogens with two attached hydrogens (primary N) is 1. The Balaban J connectivity index is 0.000000323. The van der Waals surface area contributed by atoms with Crippen molar-refractivity contribution in [2.45, 2.75) is 44.4 Å². The van der Waals surface area contributed by atoms with Crippen LogP contribution < -0.4 is 5.73 Å². The Labute approximate surface area is 195 Å². The van der Waals surface area contributed by atoms with Gasteiger partial charge in [0.15, 0.2) is 0 Å². The summed E-state index contributed by atoms with van der Waals surface area (Å²) in [6, 6.07) is 5.14. The van der Waals surface area contributed by atoms with Gasteiger partial charge in [-0.05, 0) is 50.1 Å². The largest absolute Gasteiger partial charge is 0.326 e. The van der Waals surface area contributed by atoms with Crippen LogP contribution >= 0.6 is 0 Å². The smallest absolute Gasteiger partial charge is 0.123 e. The number of hydrogen-bond acceptors (Lipinski definition) is 6. The monoisotopic (exact) mass is 459 g/mol. The first-order chi connectivity index (χ1) is 15.9. The van der Waals surface area contributed by atoms with E-state index in [0.29, 0.717) is 6.04 Å². The average Bonchev–Trinajstić information content (AvgIpc) is 3.39. The minimum atomic E-state index is -0.411. The number of aromatic amines is 1. The van der Waals surface area contributed by atoms with Crippen molar-refractivity contribution < 1.29 is 8.78 Å². The van der Waals surface area contributed by atoms with Gasteiger partial charge in [0.1, 0.15) is 11.6 Å². The maximum atomic E-state index is 11.9. The quantitative estimate of drug-likeness (QED) is 0.301. The number of hydrogen-bond donors (Lipinski definition) is 2. The first kappa shape index (κ1) is 26.5. The Morgan fingerprint density at radius 2 is 1.85 bits per heavy atom. The van der Waals surface area contributed by atoms with E-state index in [4.69, 9.17) is 5.73 Å². The highest BCUT2D eigenvalue weighted by atomic mass is 19.1. The molecule has 1 fully saturated rings. The third-order valence-corrected chi connectivity index (χ3v) is 5.52. The molecule has 0 unspecified atom stereocenters. The lowest BCUT2D eigenvalue weighted by molar-refractivity contribution is 0.0838. The van der Waals surface area contributed by atoms with E-state index >= 15 is 0 Å². The van der Waals surface area contributed by atoms with Crippen molar-refractivity contribution in [3.63, 3.8) is 0 Å². The SMILES string of the molecule is C#C.CN(C)/N=C\CCCN1C[C@@H](N)C[C@@H](N2Cc3cn[nH]c3C2)C1.Fc1ccc(F)cc1. The number of rotatable bonds is 6. The van der Waals surface area contributed by atoms with Crippen molar-refractivity contribution >= 4 is 6.21 Å². The summed E-state index contributed by atoms with van der Waals surface area (Å²) in [5.74, 6) is -0.821. The highest BCUT2D eigenvalue weighted by Gasteiger charge is 2.32. The molecule has 0 amide bonds. The number of nitrogens with one attached hydrogen (secondary N) is 1. The molecule has 1 aromatic heterocycles. The number of nitrogens with zero attached hydrogens (tertiary/aromatic N) is 5. The Morgan fingerprint density at radius 1 is 1.18 bits per heavy atom. The summed E-state index contributed by atoms with van der Waals surface area (Å²) >= 11 is 0. The second-order valence-electron chi connectivity index (χ2n) is 8.41. The fourth-order valence-corrected chi connectivity index (χ4v) is 4.05. The summed E-state index contributed by atoms with van der Waals surface area (Å²) in [7, 11) is 3.90. The number of hydrazone groups is 1. The zero-order valence-corrected chi connectivity index (χ0v) is 19.5. The van der Waals surface area contributed by atoms with E-state index in [1.54, 1.807) is 0 Å². The van der Waals surface area contributed by atoms with Crippen molar-refractivity contribution in [3.8, 4) is 12.8 Å². The van der Waals surface area contributed by atoms with E-state index in [2.05, 4.69) is 37.9 Å². The standard InChI is InChI=1S/C16H29N7.C6H4F2.C2H2/c1-21(2)19-5-3-4-6-22-10-14(17)7-15(11-22)23-9-13-8-18-20-16(13)12-23;7-5-1-2-6(8)4-3-5;1-2/h5,8,14-15H,3-4,6-7,9-12,17H2,1-2H3,(H,18,20);1-4H;1-2H/b19-5-;;/t14-,15+;;/m0../s1. The number of unbranched alkanes of at least 4 members (excludes halogenated alkanes) is 1. The molecule has 2 aliphatic heterocycles. The molecule has 3 heterocycles. The molecule has 180 valence electrons. The third kappa shape index (κ3) is 8.92. The van der Waals surface area contributed by atoms with Gasteiger partial charge in [-0.25, -0.2) is 8.78 Å². The average molecular weight is 460 g/mol. The predicted molar refractivity (Wildman–Crippen MR) is 128 cm³/mol. The molecule has 2 aromatic rings. The second-order valence-corrected chi connectivity index (χ2v) is 8.41. The molecule has 9 heteroatoms. The number of H-pyrrole nitrogens is 1. The van der Waals surface area contributed by atoms with Crippen LogP contribution in [0.15, 0.2) is 35.6 Å². The summed E-state index contributed by atoms with van der Waals surface area (Å²) < 4.78 is 23.8. The third-order valence-electron chi connectivity index (χ3n) is 5.52. The van der Waals surface area contributed by atoms with Gasteiger partial charge in [-0.1, -0.05) is 0 Å². The molecule has 7 nitrogen and oxygen atoms in total. The second kappa shape index (κ2) is 13.7. The number of likely N-dealkylation sites (tertiary alicyclic amines) is 1. The fraction of sp³-hybridized carbons (Fsp3) is 0.500. The van der Waals surface area contributed by atoms with Crippen molar-refractivity contribution in [2.75, 3.05) is 33.7 Å². The lowest BCUT2D eigenvalue weighted by Gasteiger charge is -2.40. The van der Waals surface area contributed by atoms with Crippen LogP contribution in [0.1, 0.15) is 30.5 Å². The van der Waals surface area contributed by atoms with Gasteiger partial charge in [0.25, 0.3) is 0 Å². The zero-order chi connectivity index (χ0) is 24.2. The molecule has 4 rings (SSSR count). The topological polar surface area (TPSA) is 76.8 Å². The summed E-state index contributed by atoms with van der Waals surface area (Å²) in [6.07, 6.45) is 15.2. The number of aromatic nitrogens is 2. The fourth-order valence-electron chi connectivity index (χ4n) is 4.05. The highest BCUT2D eigenvalue weighted by Crippen LogP contribution is 2.26. The molecule has 2 atom stereocenters. The van der Waals surface area contributed by atoms with Gasteiger partial charge in [-0.3, -0.25) is 10.00 Å². The van der Waals surface area contributed by atoms with E-state index in [1.165, 1.54) is 11.3 Å². The summed E-state index contributed by atoms with van der Waals surface area (Å²) in [5.41, 5.74) is 8.93. The van der Waals surface area contributed by atoms with Crippen LogP contribution in [-0.4, -0.2) is 77.0 Å². The van der Waals surface area contributed by atoms with Crippen LogP contribution in [0.3, 0.4) is 0 Å². The summed E-state index contributed by atoms with van der Waals surface area (Å²) in [4.78, 5) is 5.07. The van der Waals surface area contributed by atoms with Crippen LogP contribution in [0.5, 0.6) is 0 Å². The van der Waals surface area contributed by atoms with Gasteiger partial charge < -0.3 is 15.6 Å². The minimum Gasteiger partial charge on any atom is -0.326 e. The molecule has 2 aliphatic rings. The van der Waals surface area contributed by atoms with Gasteiger partial charge in [0.05, 0.1) is 11.9 Å². The van der Waals surface area contributed by atoms with Crippen LogP contribution in [-0.2, 0) is 13.1 Å². The Hall–Kier alpha value is -2.80. The molecule has 0 saturated carbocycles. The summed E-state index contributed by atoms with van der Waals surface area (Å²) in [5, 5.41) is 13.3. The van der Waals surface area contributed by atoms with E-state index in [0.717, 1.165) is 76.3 Å². The van der Waals surface area contributed by atoms with E-state index in [-0.39, 0.29) is 6.04 Å². The normalized spacial score (nSPS) is 20.5. The minimum absolute atomic E-state index is 0.279. The molecule has 0 bridgehead atoms. The van der Waals surface area contributed by atoms with Crippen molar-refractivity contribution in [1.82, 2.24) is 25.0 Å². The first-order valence-electron chi connectivity index (χ1n) is 11.1. The Kier molecular flexibility index (Phi) is 11.0. The van der Waals surface area contributed by atoms with Gasteiger partial charge in [0, 0.05) is 64.1 Å². The van der Waals surface area contributed by atoms with Gasteiger partial charge in [-0.2, -0.15) is 10.2 Å². The number of halogens is 2. The number of fused-ring (bicyclic) bond motifs is 1. The molecule has 33 heavy (non-hydrogen) atoms. The van der Waals surface area contributed by atoms with E-state index < -0.39 is 11.6 Å². The zero-order valence-electron chi connectivity index (χ0n) is 19.5. The molecule has 1 aromatic carbocycles. The molecule has 0 aliphatic carbocycles. The van der Waals surface area contributed by atoms with Crippen molar-refractivity contribution in [2.24, 2.45) is 10.8 Å². The maximum absolute atomic E-state index is 11.9. The van der Waals surface area contributed by atoms with Crippen LogP contribution in [0.2, 0.25) is 0 Å². The lowest BCUT2D eigenvalue weighted by atomic mass is 10.00. The van der Waals surface area contributed by atoms with Crippen molar-refractivity contribution in [3.05, 3.63) is 53.4 Å². The van der Waals surface area contributed by atoms with E-state index in [1.807, 2.05) is 31.5 Å². The van der Waals surface area contributed by atoms with E-state index in [9.17, 15) is 8.78 Å². The van der Waals surface area contributed by atoms with Crippen LogP contribution in [0, 0.1) is 24.5 Å². The van der Waals surface area contributed by atoms with Crippen molar-refractivity contribution in [1.29, 1.82) is 0 Å². The molecular formula is C24H35F2N7. The Morgan fingerprint density at radius 3 is 2.45 bits per heavy atom.